The van der Waals surface area contributed by atoms with Crippen molar-refractivity contribution in [3.05, 3.63) is 94.0 Å². The first-order valence-electron chi connectivity index (χ1n) is 9.89. The highest BCUT2D eigenvalue weighted by Crippen LogP contribution is 2.37. The number of hydrogen-bond donors (Lipinski definition) is 1. The van der Waals surface area contributed by atoms with E-state index >= 15 is 0 Å². The lowest BCUT2D eigenvalue weighted by atomic mass is 9.91. The van der Waals surface area contributed by atoms with Crippen LogP contribution in [0.3, 0.4) is 0 Å². The summed E-state index contributed by atoms with van der Waals surface area (Å²) in [4.78, 5) is 0. The smallest absolute Gasteiger partial charge is 0.229 e. The number of rotatable bonds is 4. The molecule has 4 rings (SSSR count). The van der Waals surface area contributed by atoms with Crippen molar-refractivity contribution < 1.29 is 13.2 Å². The van der Waals surface area contributed by atoms with Gasteiger partial charge in [0, 0.05) is 5.69 Å². The maximum absolute atomic E-state index is 11.6. The maximum atomic E-state index is 11.6. The van der Waals surface area contributed by atoms with Gasteiger partial charge in [-0.3, -0.25) is 4.72 Å². The van der Waals surface area contributed by atoms with Gasteiger partial charge in [0.1, 0.15) is 5.75 Å². The zero-order chi connectivity index (χ0) is 21.3. The summed E-state index contributed by atoms with van der Waals surface area (Å²) in [5.74, 6) is 0.856. The van der Waals surface area contributed by atoms with E-state index in [1.165, 1.54) is 27.8 Å². The average Bonchev–Trinajstić information content (AvgIpc) is 2.83. The minimum absolute atomic E-state index is 0.555. The predicted molar refractivity (Wildman–Crippen MR) is 123 cm³/mol. The fourth-order valence-electron chi connectivity index (χ4n) is 4.00. The van der Waals surface area contributed by atoms with Gasteiger partial charge in [0.05, 0.1) is 13.4 Å². The molecule has 0 heterocycles. The zero-order valence-electron chi connectivity index (χ0n) is 17.4. The minimum atomic E-state index is -3.33. The van der Waals surface area contributed by atoms with Crippen molar-refractivity contribution in [1.82, 2.24) is 0 Å². The molecule has 1 N–H and O–H groups in total. The monoisotopic (exact) mass is 419 g/mol. The summed E-state index contributed by atoms with van der Waals surface area (Å²) in [5, 5.41) is 0. The van der Waals surface area contributed by atoms with Crippen LogP contribution in [0.15, 0.2) is 60.7 Å². The SMILES string of the molecule is COc1ccc2c(c1)CCc1cc(C)ccc1/C2=C/c1cccc(NS(C)(=O)=O)c1. The fraction of sp³-hybridized carbons (Fsp3) is 0.200. The Balaban J connectivity index is 1.89. The number of sulfonamides is 1. The van der Waals surface area contributed by atoms with Crippen LogP contribution in [0.25, 0.3) is 11.6 Å². The fourth-order valence-corrected chi connectivity index (χ4v) is 4.56. The molecule has 0 saturated heterocycles. The second kappa shape index (κ2) is 8.00. The Bertz CT molecular complexity index is 1240. The lowest BCUT2D eigenvalue weighted by Gasteiger charge is -2.14. The molecule has 0 spiro atoms. The van der Waals surface area contributed by atoms with Gasteiger partial charge in [-0.1, -0.05) is 42.0 Å². The van der Waals surface area contributed by atoms with Gasteiger partial charge in [-0.2, -0.15) is 0 Å². The molecule has 0 fully saturated rings. The van der Waals surface area contributed by atoms with Crippen molar-refractivity contribution in [3.63, 3.8) is 0 Å². The van der Waals surface area contributed by atoms with Crippen LogP contribution in [-0.4, -0.2) is 21.8 Å². The summed E-state index contributed by atoms with van der Waals surface area (Å²) in [7, 11) is -1.64. The molecule has 3 aromatic rings. The van der Waals surface area contributed by atoms with Crippen LogP contribution >= 0.6 is 0 Å². The highest BCUT2D eigenvalue weighted by Gasteiger charge is 2.19. The molecular formula is C25H25NO3S. The molecule has 0 aliphatic heterocycles. The van der Waals surface area contributed by atoms with E-state index in [4.69, 9.17) is 4.74 Å². The summed E-state index contributed by atoms with van der Waals surface area (Å²) in [6, 6.07) is 20.3. The second-order valence-corrected chi connectivity index (χ2v) is 9.49. The standard InChI is InChI=1S/C25H25NO3S/c1-17-7-11-23-19(13-17)8-9-20-16-22(29-2)10-12-24(20)25(23)15-18-5-4-6-21(14-18)26-30(3,27)28/h4-7,10-16,26H,8-9H2,1-3H3/b25-15-. The first-order chi connectivity index (χ1) is 14.3. The highest BCUT2D eigenvalue weighted by atomic mass is 32.2. The molecular weight excluding hydrogens is 394 g/mol. The van der Waals surface area contributed by atoms with Crippen LogP contribution in [0.1, 0.15) is 33.4 Å². The minimum Gasteiger partial charge on any atom is -0.497 e. The van der Waals surface area contributed by atoms with Gasteiger partial charge in [0.2, 0.25) is 10.0 Å². The highest BCUT2D eigenvalue weighted by molar-refractivity contribution is 7.92. The van der Waals surface area contributed by atoms with Crippen molar-refractivity contribution in [2.45, 2.75) is 19.8 Å². The number of aryl methyl sites for hydroxylation is 3. The van der Waals surface area contributed by atoms with Gasteiger partial charge in [-0.25, -0.2) is 8.42 Å². The zero-order valence-corrected chi connectivity index (χ0v) is 18.2. The molecule has 3 aromatic carbocycles. The predicted octanol–water partition coefficient (Wildman–Crippen LogP) is 5.06. The Morgan fingerprint density at radius 1 is 0.933 bits per heavy atom. The van der Waals surface area contributed by atoms with Crippen molar-refractivity contribution in [3.8, 4) is 5.75 Å². The van der Waals surface area contributed by atoms with Crippen LogP contribution in [0, 0.1) is 6.92 Å². The van der Waals surface area contributed by atoms with E-state index in [1.54, 1.807) is 13.2 Å². The van der Waals surface area contributed by atoms with E-state index in [9.17, 15) is 8.42 Å². The third-order valence-electron chi connectivity index (χ3n) is 5.32. The van der Waals surface area contributed by atoms with Crippen LogP contribution < -0.4 is 9.46 Å². The lowest BCUT2D eigenvalue weighted by Crippen LogP contribution is -2.09. The summed E-state index contributed by atoms with van der Waals surface area (Å²) in [6.45, 7) is 2.12. The largest absolute Gasteiger partial charge is 0.497 e. The number of ether oxygens (including phenoxy) is 1. The number of methoxy groups -OCH3 is 1. The second-order valence-electron chi connectivity index (χ2n) is 7.74. The molecule has 4 nitrogen and oxygen atoms in total. The molecule has 30 heavy (non-hydrogen) atoms. The quantitative estimate of drug-likeness (QED) is 0.643. The van der Waals surface area contributed by atoms with E-state index < -0.39 is 10.0 Å². The number of benzene rings is 3. The topological polar surface area (TPSA) is 55.4 Å². The van der Waals surface area contributed by atoms with Gasteiger partial charge in [0.25, 0.3) is 0 Å². The molecule has 154 valence electrons. The normalized spacial score (nSPS) is 14.6. The average molecular weight is 420 g/mol. The van der Waals surface area contributed by atoms with Gasteiger partial charge in [0.15, 0.2) is 0 Å². The molecule has 0 radical (unpaired) electrons. The van der Waals surface area contributed by atoms with Crippen LogP contribution in [0.2, 0.25) is 0 Å². The van der Waals surface area contributed by atoms with Gasteiger partial charge >= 0.3 is 0 Å². The molecule has 1 aliphatic carbocycles. The molecule has 5 heteroatoms. The molecule has 0 bridgehead atoms. The molecule has 0 aromatic heterocycles. The Morgan fingerprint density at radius 2 is 1.63 bits per heavy atom. The molecule has 0 amide bonds. The van der Waals surface area contributed by atoms with Crippen molar-refractivity contribution in [1.29, 1.82) is 0 Å². The summed E-state index contributed by atoms with van der Waals surface area (Å²) >= 11 is 0. The number of fused-ring (bicyclic) bond motifs is 2. The van der Waals surface area contributed by atoms with E-state index in [-0.39, 0.29) is 0 Å². The van der Waals surface area contributed by atoms with Crippen molar-refractivity contribution in [2.75, 3.05) is 18.1 Å². The van der Waals surface area contributed by atoms with Gasteiger partial charge in [-0.05, 0) is 83.5 Å². The Morgan fingerprint density at radius 3 is 2.33 bits per heavy atom. The Labute approximate surface area is 178 Å². The molecule has 0 atom stereocenters. The van der Waals surface area contributed by atoms with Crippen LogP contribution in [-0.2, 0) is 22.9 Å². The summed E-state index contributed by atoms with van der Waals surface area (Å²) in [6.07, 6.45) is 5.20. The van der Waals surface area contributed by atoms with Crippen molar-refractivity contribution in [2.24, 2.45) is 0 Å². The lowest BCUT2D eigenvalue weighted by molar-refractivity contribution is 0.414. The van der Waals surface area contributed by atoms with Gasteiger partial charge in [-0.15, -0.1) is 0 Å². The van der Waals surface area contributed by atoms with E-state index in [2.05, 4.69) is 48.1 Å². The summed E-state index contributed by atoms with van der Waals surface area (Å²) in [5.41, 5.74) is 8.84. The third kappa shape index (κ3) is 4.41. The first-order valence-corrected chi connectivity index (χ1v) is 11.8. The Kier molecular flexibility index (Phi) is 5.39. The van der Waals surface area contributed by atoms with Crippen molar-refractivity contribution >= 4 is 27.4 Å². The van der Waals surface area contributed by atoms with Crippen LogP contribution in [0.5, 0.6) is 5.75 Å². The molecule has 1 aliphatic rings. The first kappa shape index (κ1) is 20.2. The van der Waals surface area contributed by atoms with E-state index in [0.717, 1.165) is 36.0 Å². The number of hydrogen-bond acceptors (Lipinski definition) is 3. The maximum Gasteiger partial charge on any atom is 0.229 e. The van der Waals surface area contributed by atoms with Crippen LogP contribution in [0.4, 0.5) is 5.69 Å². The van der Waals surface area contributed by atoms with E-state index in [1.807, 2.05) is 24.3 Å². The summed E-state index contributed by atoms with van der Waals surface area (Å²) < 4.78 is 31.3. The Hall–Kier alpha value is -3.05. The third-order valence-corrected chi connectivity index (χ3v) is 5.92. The van der Waals surface area contributed by atoms with E-state index in [0.29, 0.717) is 5.69 Å². The number of anilines is 1. The number of nitrogens with one attached hydrogen (secondary N) is 1. The molecule has 0 saturated carbocycles. The van der Waals surface area contributed by atoms with Gasteiger partial charge < -0.3 is 4.74 Å². The molecule has 0 unspecified atom stereocenters.